The number of methoxy groups -OCH3 is 2. The molecule has 1 heterocycles. The average molecular weight is 344 g/mol. The van der Waals surface area contributed by atoms with Gasteiger partial charge in [0.25, 0.3) is 5.79 Å². The van der Waals surface area contributed by atoms with Gasteiger partial charge in [-0.05, 0) is 34.5 Å². The summed E-state index contributed by atoms with van der Waals surface area (Å²) in [5.41, 5.74) is 3.06. The lowest BCUT2D eigenvalue weighted by molar-refractivity contribution is -0.208. The molecular formula is C22H16O4. The third-order valence-corrected chi connectivity index (χ3v) is 5.20. The van der Waals surface area contributed by atoms with Crippen molar-refractivity contribution in [1.82, 2.24) is 0 Å². The highest BCUT2D eigenvalue weighted by Crippen LogP contribution is 2.45. The molecule has 0 N–H and O–H groups in total. The maximum Gasteiger partial charge on any atom is 0.261 e. The van der Waals surface area contributed by atoms with E-state index in [9.17, 15) is 4.79 Å². The van der Waals surface area contributed by atoms with Crippen molar-refractivity contribution in [3.05, 3.63) is 65.7 Å². The number of hydrogen-bond donors (Lipinski definition) is 0. The zero-order valence-electron chi connectivity index (χ0n) is 14.4. The Hall–Kier alpha value is -2.95. The molecule has 5 rings (SSSR count). The first kappa shape index (κ1) is 15.3. The van der Waals surface area contributed by atoms with Crippen molar-refractivity contribution in [2.24, 2.45) is 0 Å². The fraction of sp³-hybridized carbons (Fsp3) is 0.136. The normalized spacial score (nSPS) is 15.8. The van der Waals surface area contributed by atoms with Gasteiger partial charge in [0.1, 0.15) is 11.2 Å². The van der Waals surface area contributed by atoms with Crippen molar-refractivity contribution >= 4 is 44.6 Å². The second kappa shape index (κ2) is 5.27. The Morgan fingerprint density at radius 2 is 1.58 bits per heavy atom. The first-order valence-electron chi connectivity index (χ1n) is 8.40. The van der Waals surface area contributed by atoms with E-state index in [-0.39, 0.29) is 5.78 Å². The highest BCUT2D eigenvalue weighted by Gasteiger charge is 2.45. The molecule has 0 saturated carbocycles. The second-order valence-electron chi connectivity index (χ2n) is 6.39. The number of carbonyl (C=O) groups excluding carboxylic acids is 1. The van der Waals surface area contributed by atoms with Crippen molar-refractivity contribution in [2.75, 3.05) is 14.2 Å². The minimum absolute atomic E-state index is 0.239. The molecule has 0 radical (unpaired) electrons. The minimum Gasteiger partial charge on any atom is -0.456 e. The van der Waals surface area contributed by atoms with E-state index in [2.05, 4.69) is 12.1 Å². The molecule has 0 saturated heterocycles. The molecule has 0 amide bonds. The number of hydrogen-bond acceptors (Lipinski definition) is 4. The predicted molar refractivity (Wildman–Crippen MR) is 101 cm³/mol. The van der Waals surface area contributed by atoms with Gasteiger partial charge in [0.15, 0.2) is 0 Å². The molecule has 1 aromatic heterocycles. The van der Waals surface area contributed by atoms with Gasteiger partial charge in [0, 0.05) is 30.6 Å². The third-order valence-electron chi connectivity index (χ3n) is 5.20. The molecule has 4 nitrogen and oxygen atoms in total. The van der Waals surface area contributed by atoms with Crippen LogP contribution in [0.15, 0.2) is 59.0 Å². The fourth-order valence-electron chi connectivity index (χ4n) is 4.03. The molecule has 3 aromatic carbocycles. The Morgan fingerprint density at radius 1 is 0.846 bits per heavy atom. The van der Waals surface area contributed by atoms with Gasteiger partial charge in [0.2, 0.25) is 5.78 Å². The fourth-order valence-corrected chi connectivity index (χ4v) is 4.03. The Balaban J connectivity index is 2.07. The quantitative estimate of drug-likeness (QED) is 0.491. The van der Waals surface area contributed by atoms with E-state index in [1.165, 1.54) is 20.3 Å². The van der Waals surface area contributed by atoms with Gasteiger partial charge < -0.3 is 13.9 Å². The van der Waals surface area contributed by atoms with Crippen LogP contribution in [0.5, 0.6) is 0 Å². The molecule has 1 aliphatic rings. The zero-order chi connectivity index (χ0) is 17.9. The highest BCUT2D eigenvalue weighted by molar-refractivity contribution is 6.22. The Kier molecular flexibility index (Phi) is 3.11. The summed E-state index contributed by atoms with van der Waals surface area (Å²) in [6.45, 7) is 0. The smallest absolute Gasteiger partial charge is 0.261 e. The second-order valence-corrected chi connectivity index (χ2v) is 6.39. The van der Waals surface area contributed by atoms with Gasteiger partial charge in [-0.1, -0.05) is 42.5 Å². The van der Waals surface area contributed by atoms with E-state index in [4.69, 9.17) is 13.9 Å². The molecule has 0 atom stereocenters. The van der Waals surface area contributed by atoms with Gasteiger partial charge in [0.05, 0.1) is 0 Å². The molecule has 4 aromatic rings. The van der Waals surface area contributed by atoms with Crippen LogP contribution in [0.25, 0.3) is 38.8 Å². The summed E-state index contributed by atoms with van der Waals surface area (Å²) >= 11 is 0. The minimum atomic E-state index is -1.47. The van der Waals surface area contributed by atoms with E-state index >= 15 is 0 Å². The van der Waals surface area contributed by atoms with E-state index in [1.54, 1.807) is 6.08 Å². The SMILES string of the molecule is COC1(OC)C(=O)C=Cc2ccc3oc4ccc5ccccc5c4c3c21. The monoisotopic (exact) mass is 344 g/mol. The van der Waals surface area contributed by atoms with Crippen LogP contribution < -0.4 is 0 Å². The lowest BCUT2D eigenvalue weighted by Crippen LogP contribution is -2.41. The topological polar surface area (TPSA) is 48.7 Å². The van der Waals surface area contributed by atoms with Crippen molar-refractivity contribution in [2.45, 2.75) is 5.79 Å². The van der Waals surface area contributed by atoms with Crippen molar-refractivity contribution in [3.8, 4) is 0 Å². The van der Waals surface area contributed by atoms with E-state index < -0.39 is 5.79 Å². The molecular weight excluding hydrogens is 328 g/mol. The molecule has 128 valence electrons. The van der Waals surface area contributed by atoms with Crippen LogP contribution in [-0.2, 0) is 20.1 Å². The standard InChI is InChI=1S/C22H16O4/c1-24-22(25-2)18(23)12-9-14-8-11-17-20(21(14)22)19-15-6-4-3-5-13(15)7-10-16(19)26-17/h3-12H,1-2H3. The lowest BCUT2D eigenvalue weighted by Gasteiger charge is -2.32. The number of ether oxygens (including phenoxy) is 2. The van der Waals surface area contributed by atoms with Gasteiger partial charge in [-0.15, -0.1) is 0 Å². The molecule has 0 aliphatic heterocycles. The van der Waals surface area contributed by atoms with Crippen LogP contribution in [0, 0.1) is 0 Å². The Labute approximate surface area is 149 Å². The molecule has 0 fully saturated rings. The molecule has 0 spiro atoms. The van der Waals surface area contributed by atoms with Gasteiger partial charge in [-0.3, -0.25) is 4.79 Å². The first-order chi connectivity index (χ1) is 12.7. The molecule has 0 bridgehead atoms. The average Bonchev–Trinajstić information content (AvgIpc) is 3.07. The van der Waals surface area contributed by atoms with E-state index in [0.29, 0.717) is 11.1 Å². The van der Waals surface area contributed by atoms with E-state index in [1.807, 2.05) is 36.4 Å². The van der Waals surface area contributed by atoms with Crippen LogP contribution >= 0.6 is 0 Å². The summed E-state index contributed by atoms with van der Waals surface area (Å²) in [4.78, 5) is 12.7. The van der Waals surface area contributed by atoms with Crippen LogP contribution in [0.4, 0.5) is 0 Å². The van der Waals surface area contributed by atoms with E-state index in [0.717, 1.165) is 32.7 Å². The Morgan fingerprint density at radius 3 is 2.38 bits per heavy atom. The summed E-state index contributed by atoms with van der Waals surface area (Å²) in [6.07, 6.45) is 3.30. The molecule has 1 aliphatic carbocycles. The maximum atomic E-state index is 12.7. The largest absolute Gasteiger partial charge is 0.456 e. The third kappa shape index (κ3) is 1.77. The number of ketones is 1. The highest BCUT2D eigenvalue weighted by atomic mass is 16.7. The first-order valence-corrected chi connectivity index (χ1v) is 8.40. The van der Waals surface area contributed by atoms with Gasteiger partial charge in [-0.2, -0.15) is 0 Å². The Bertz CT molecular complexity index is 1230. The van der Waals surface area contributed by atoms with Crippen molar-refractivity contribution < 1.29 is 18.7 Å². The lowest BCUT2D eigenvalue weighted by atomic mass is 9.86. The number of carbonyl (C=O) groups is 1. The van der Waals surface area contributed by atoms with Crippen LogP contribution in [0.3, 0.4) is 0 Å². The number of rotatable bonds is 2. The summed E-state index contributed by atoms with van der Waals surface area (Å²) in [5.74, 6) is -1.71. The van der Waals surface area contributed by atoms with Crippen LogP contribution in [-0.4, -0.2) is 20.0 Å². The van der Waals surface area contributed by atoms with Gasteiger partial charge in [-0.25, -0.2) is 0 Å². The number of benzene rings is 3. The number of furan rings is 1. The summed E-state index contributed by atoms with van der Waals surface area (Å²) in [6, 6.07) is 16.0. The molecule has 4 heteroatoms. The maximum absolute atomic E-state index is 12.7. The predicted octanol–water partition coefficient (Wildman–Crippen LogP) is 4.78. The molecule has 0 unspecified atom stereocenters. The van der Waals surface area contributed by atoms with Gasteiger partial charge >= 0.3 is 0 Å². The number of fused-ring (bicyclic) bond motifs is 7. The van der Waals surface area contributed by atoms with Crippen LogP contribution in [0.2, 0.25) is 0 Å². The summed E-state index contributed by atoms with van der Waals surface area (Å²) in [5, 5.41) is 4.01. The van der Waals surface area contributed by atoms with Crippen LogP contribution in [0.1, 0.15) is 11.1 Å². The molecule has 26 heavy (non-hydrogen) atoms. The van der Waals surface area contributed by atoms with Crippen molar-refractivity contribution in [3.63, 3.8) is 0 Å². The summed E-state index contributed by atoms with van der Waals surface area (Å²) in [7, 11) is 2.98. The summed E-state index contributed by atoms with van der Waals surface area (Å²) < 4.78 is 17.4. The zero-order valence-corrected chi connectivity index (χ0v) is 14.4. The van der Waals surface area contributed by atoms with Crippen molar-refractivity contribution in [1.29, 1.82) is 0 Å².